The van der Waals surface area contributed by atoms with Gasteiger partial charge in [-0.3, -0.25) is 4.79 Å². The van der Waals surface area contributed by atoms with E-state index < -0.39 is 0 Å². The van der Waals surface area contributed by atoms with Crippen LogP contribution in [0.3, 0.4) is 0 Å². The lowest BCUT2D eigenvalue weighted by Crippen LogP contribution is -2.06. The smallest absolute Gasteiger partial charge is 0.212 e. The third kappa shape index (κ3) is 4.17. The monoisotopic (exact) mass is 319 g/mol. The highest BCUT2D eigenvalue weighted by atomic mass is 79.9. The zero-order chi connectivity index (χ0) is 13.7. The van der Waals surface area contributed by atoms with Gasteiger partial charge in [0, 0.05) is 29.6 Å². The molecule has 0 amide bonds. The second-order valence-electron chi connectivity index (χ2n) is 4.23. The summed E-state index contributed by atoms with van der Waals surface area (Å²) in [6.45, 7) is 0. The van der Waals surface area contributed by atoms with Crippen LogP contribution >= 0.6 is 15.9 Å². The number of carbonyl (C=O) groups excluding carboxylic acids is 1. The Hall–Kier alpha value is -1.68. The van der Waals surface area contributed by atoms with E-state index in [4.69, 9.17) is 4.74 Å². The van der Waals surface area contributed by atoms with E-state index in [0.29, 0.717) is 18.7 Å². The molecule has 4 heteroatoms. The number of Topliss-reactive ketones (excluding diaryl/α,β-unsaturated/α-hetero) is 1. The molecule has 19 heavy (non-hydrogen) atoms. The van der Waals surface area contributed by atoms with Crippen LogP contribution in [0.2, 0.25) is 0 Å². The van der Waals surface area contributed by atoms with E-state index in [-0.39, 0.29) is 5.78 Å². The Morgan fingerprint density at radius 3 is 2.63 bits per heavy atom. The van der Waals surface area contributed by atoms with Gasteiger partial charge in [-0.2, -0.15) is 0 Å². The minimum atomic E-state index is 0.171. The van der Waals surface area contributed by atoms with Crippen molar-refractivity contribution >= 4 is 21.7 Å². The SMILES string of the molecule is COc1ccc(CC(=O)Cc2cccc(Br)c2)cn1. The van der Waals surface area contributed by atoms with Crippen LogP contribution < -0.4 is 4.74 Å². The Labute approximate surface area is 120 Å². The molecule has 0 atom stereocenters. The molecule has 2 aromatic rings. The summed E-state index contributed by atoms with van der Waals surface area (Å²) in [5.74, 6) is 0.730. The number of ether oxygens (including phenoxy) is 1. The third-order valence-electron chi connectivity index (χ3n) is 2.70. The molecule has 0 unspecified atom stereocenters. The summed E-state index contributed by atoms with van der Waals surface area (Å²) >= 11 is 3.40. The lowest BCUT2D eigenvalue weighted by Gasteiger charge is -2.03. The summed E-state index contributed by atoms with van der Waals surface area (Å²) in [7, 11) is 1.57. The average molecular weight is 320 g/mol. The van der Waals surface area contributed by atoms with Crippen LogP contribution in [0.4, 0.5) is 0 Å². The van der Waals surface area contributed by atoms with Gasteiger partial charge in [0.1, 0.15) is 5.78 Å². The van der Waals surface area contributed by atoms with E-state index in [9.17, 15) is 4.79 Å². The van der Waals surface area contributed by atoms with Gasteiger partial charge in [0.05, 0.1) is 7.11 Å². The maximum atomic E-state index is 12.0. The zero-order valence-corrected chi connectivity index (χ0v) is 12.2. The number of ketones is 1. The number of methoxy groups -OCH3 is 1. The molecule has 0 spiro atoms. The predicted molar refractivity (Wildman–Crippen MR) is 77.3 cm³/mol. The number of benzene rings is 1. The predicted octanol–water partition coefficient (Wildman–Crippen LogP) is 3.21. The summed E-state index contributed by atoms with van der Waals surface area (Å²) in [5.41, 5.74) is 1.92. The normalized spacial score (nSPS) is 10.2. The van der Waals surface area contributed by atoms with Crippen molar-refractivity contribution in [2.45, 2.75) is 12.8 Å². The molecule has 0 aliphatic heterocycles. The standard InChI is InChI=1S/C15H14BrNO2/c1-19-15-6-5-12(10-17-15)9-14(18)8-11-3-2-4-13(16)7-11/h2-7,10H,8-9H2,1H3. The number of nitrogens with zero attached hydrogens (tertiary/aromatic N) is 1. The van der Waals surface area contributed by atoms with Crippen molar-refractivity contribution < 1.29 is 9.53 Å². The maximum absolute atomic E-state index is 12.0. The summed E-state index contributed by atoms with van der Waals surface area (Å²) in [6.07, 6.45) is 2.51. The van der Waals surface area contributed by atoms with Crippen molar-refractivity contribution in [1.82, 2.24) is 4.98 Å². The molecule has 0 bridgehead atoms. The first-order valence-corrected chi connectivity index (χ1v) is 6.72. The first kappa shape index (κ1) is 13.7. The lowest BCUT2D eigenvalue weighted by atomic mass is 10.0. The van der Waals surface area contributed by atoms with Crippen molar-refractivity contribution in [1.29, 1.82) is 0 Å². The molecule has 0 radical (unpaired) electrons. The first-order valence-electron chi connectivity index (χ1n) is 5.92. The second-order valence-corrected chi connectivity index (χ2v) is 5.15. The molecule has 2 rings (SSSR count). The number of hydrogen-bond acceptors (Lipinski definition) is 3. The minimum Gasteiger partial charge on any atom is -0.481 e. The number of halogens is 1. The Morgan fingerprint density at radius 2 is 2.00 bits per heavy atom. The number of rotatable bonds is 5. The molecule has 98 valence electrons. The molecule has 0 saturated heterocycles. The van der Waals surface area contributed by atoms with Crippen molar-refractivity contribution in [2.24, 2.45) is 0 Å². The fraction of sp³-hybridized carbons (Fsp3) is 0.200. The molecule has 0 fully saturated rings. The van der Waals surface area contributed by atoms with E-state index in [0.717, 1.165) is 15.6 Å². The number of aromatic nitrogens is 1. The average Bonchev–Trinajstić information content (AvgIpc) is 2.39. The van der Waals surface area contributed by atoms with Gasteiger partial charge >= 0.3 is 0 Å². The van der Waals surface area contributed by atoms with E-state index >= 15 is 0 Å². The van der Waals surface area contributed by atoms with E-state index in [2.05, 4.69) is 20.9 Å². The third-order valence-corrected chi connectivity index (χ3v) is 3.19. The molecular weight excluding hydrogens is 306 g/mol. The van der Waals surface area contributed by atoms with Crippen LogP contribution in [0, 0.1) is 0 Å². The molecule has 1 aromatic carbocycles. The molecular formula is C15H14BrNO2. The van der Waals surface area contributed by atoms with Crippen LogP contribution in [0.5, 0.6) is 5.88 Å². The van der Waals surface area contributed by atoms with Crippen LogP contribution in [0.15, 0.2) is 47.1 Å². The topological polar surface area (TPSA) is 39.2 Å². The van der Waals surface area contributed by atoms with Crippen molar-refractivity contribution in [3.05, 3.63) is 58.2 Å². The van der Waals surface area contributed by atoms with E-state index in [1.54, 1.807) is 19.4 Å². The van der Waals surface area contributed by atoms with Crippen molar-refractivity contribution in [3.8, 4) is 5.88 Å². The van der Waals surface area contributed by atoms with Gasteiger partial charge in [-0.15, -0.1) is 0 Å². The molecule has 0 aliphatic rings. The Morgan fingerprint density at radius 1 is 1.21 bits per heavy atom. The Kier molecular flexibility index (Phi) is 4.68. The van der Waals surface area contributed by atoms with Gasteiger partial charge in [0.2, 0.25) is 5.88 Å². The van der Waals surface area contributed by atoms with Crippen molar-refractivity contribution in [3.63, 3.8) is 0 Å². The van der Waals surface area contributed by atoms with Crippen LogP contribution in [0.25, 0.3) is 0 Å². The molecule has 0 saturated carbocycles. The van der Waals surface area contributed by atoms with Gasteiger partial charge in [0.15, 0.2) is 0 Å². The van der Waals surface area contributed by atoms with Gasteiger partial charge in [0.25, 0.3) is 0 Å². The van der Waals surface area contributed by atoms with Gasteiger partial charge < -0.3 is 4.74 Å². The fourth-order valence-electron chi connectivity index (χ4n) is 1.80. The summed E-state index contributed by atoms with van der Waals surface area (Å²) in [4.78, 5) is 16.1. The Bertz CT molecular complexity index is 567. The van der Waals surface area contributed by atoms with Crippen molar-refractivity contribution in [2.75, 3.05) is 7.11 Å². The molecule has 3 nitrogen and oxygen atoms in total. The Balaban J connectivity index is 1.97. The second kappa shape index (κ2) is 6.48. The van der Waals surface area contributed by atoms with Crippen LogP contribution in [-0.4, -0.2) is 17.9 Å². The minimum absolute atomic E-state index is 0.171. The molecule has 0 aliphatic carbocycles. The number of carbonyl (C=O) groups is 1. The number of pyridine rings is 1. The zero-order valence-electron chi connectivity index (χ0n) is 10.6. The highest BCUT2D eigenvalue weighted by Gasteiger charge is 2.06. The quantitative estimate of drug-likeness (QED) is 0.849. The first-order chi connectivity index (χ1) is 9.17. The highest BCUT2D eigenvalue weighted by Crippen LogP contribution is 2.13. The largest absolute Gasteiger partial charge is 0.481 e. The van der Waals surface area contributed by atoms with E-state index in [1.807, 2.05) is 30.3 Å². The van der Waals surface area contributed by atoms with Gasteiger partial charge in [-0.1, -0.05) is 34.1 Å². The summed E-state index contributed by atoms with van der Waals surface area (Å²) < 4.78 is 5.97. The number of hydrogen-bond donors (Lipinski definition) is 0. The fourth-order valence-corrected chi connectivity index (χ4v) is 2.25. The molecule has 0 N–H and O–H groups in total. The van der Waals surface area contributed by atoms with Crippen LogP contribution in [-0.2, 0) is 17.6 Å². The van der Waals surface area contributed by atoms with Gasteiger partial charge in [-0.25, -0.2) is 4.98 Å². The maximum Gasteiger partial charge on any atom is 0.212 e. The van der Waals surface area contributed by atoms with Crippen LogP contribution in [0.1, 0.15) is 11.1 Å². The highest BCUT2D eigenvalue weighted by molar-refractivity contribution is 9.10. The summed E-state index contributed by atoms with van der Waals surface area (Å²) in [6, 6.07) is 11.4. The van der Waals surface area contributed by atoms with E-state index in [1.165, 1.54) is 0 Å². The summed E-state index contributed by atoms with van der Waals surface area (Å²) in [5, 5.41) is 0. The molecule has 1 heterocycles. The lowest BCUT2D eigenvalue weighted by molar-refractivity contribution is -0.117. The molecule has 1 aromatic heterocycles. The van der Waals surface area contributed by atoms with Gasteiger partial charge in [-0.05, 0) is 23.3 Å².